The molecule has 2 nitrogen and oxygen atoms in total. The Hall–Kier alpha value is -0.830. The minimum atomic E-state index is 0.0202. The summed E-state index contributed by atoms with van der Waals surface area (Å²) in [6, 6.07) is 5.90. The lowest BCUT2D eigenvalue weighted by Gasteiger charge is -2.32. The zero-order valence-electron chi connectivity index (χ0n) is 8.23. The van der Waals surface area contributed by atoms with E-state index in [9.17, 15) is 4.79 Å². The predicted molar refractivity (Wildman–Crippen MR) is 59.5 cm³/mol. The van der Waals surface area contributed by atoms with Crippen LogP contribution < -0.4 is 5.32 Å². The van der Waals surface area contributed by atoms with Gasteiger partial charge in [-0.3, -0.25) is 4.79 Å². The van der Waals surface area contributed by atoms with Crippen LogP contribution in [0.2, 0.25) is 0 Å². The molecule has 14 heavy (non-hydrogen) atoms. The fraction of sp³-hybridized carbons (Fsp3) is 0.364. The number of nitrogens with one attached hydrogen (secondary N) is 1. The van der Waals surface area contributed by atoms with Gasteiger partial charge in [-0.05, 0) is 27.6 Å². The van der Waals surface area contributed by atoms with Gasteiger partial charge in [0.25, 0.3) is 5.91 Å². The van der Waals surface area contributed by atoms with E-state index in [0.717, 1.165) is 15.6 Å². The molecule has 1 aliphatic heterocycles. The maximum atomic E-state index is 11.7. The van der Waals surface area contributed by atoms with Crippen molar-refractivity contribution in [2.45, 2.75) is 19.3 Å². The third kappa shape index (κ3) is 1.36. The molecule has 0 atom stereocenters. The second kappa shape index (κ2) is 3.09. The van der Waals surface area contributed by atoms with Gasteiger partial charge in [-0.25, -0.2) is 0 Å². The highest BCUT2D eigenvalue weighted by Gasteiger charge is 2.32. The van der Waals surface area contributed by atoms with Crippen molar-refractivity contribution in [2.24, 2.45) is 0 Å². The van der Waals surface area contributed by atoms with Crippen LogP contribution in [0.4, 0.5) is 0 Å². The Morgan fingerprint density at radius 2 is 2.14 bits per heavy atom. The van der Waals surface area contributed by atoms with Crippen LogP contribution in [0.1, 0.15) is 29.8 Å². The Labute approximate surface area is 91.8 Å². The monoisotopic (exact) mass is 253 g/mol. The fourth-order valence-electron chi connectivity index (χ4n) is 1.80. The second-order valence-corrected chi connectivity index (χ2v) is 5.08. The van der Waals surface area contributed by atoms with Crippen molar-refractivity contribution in [2.75, 3.05) is 6.54 Å². The van der Waals surface area contributed by atoms with E-state index in [1.165, 1.54) is 0 Å². The van der Waals surface area contributed by atoms with Crippen molar-refractivity contribution < 1.29 is 4.79 Å². The Morgan fingerprint density at radius 1 is 1.43 bits per heavy atom. The number of rotatable bonds is 0. The van der Waals surface area contributed by atoms with E-state index in [1.54, 1.807) is 0 Å². The van der Waals surface area contributed by atoms with Crippen LogP contribution in [0.3, 0.4) is 0 Å². The van der Waals surface area contributed by atoms with Crippen LogP contribution in [0.5, 0.6) is 0 Å². The molecule has 0 saturated heterocycles. The third-order valence-corrected chi connectivity index (χ3v) is 3.32. The number of carbonyl (C=O) groups excluding carboxylic acids is 1. The molecular weight excluding hydrogens is 242 g/mol. The van der Waals surface area contributed by atoms with Crippen LogP contribution in [0.25, 0.3) is 0 Å². The number of hydrogen-bond acceptors (Lipinski definition) is 1. The molecule has 0 aliphatic carbocycles. The lowest BCUT2D eigenvalue weighted by Crippen LogP contribution is -2.43. The maximum absolute atomic E-state index is 11.7. The average Bonchev–Trinajstić information content (AvgIpc) is 2.12. The van der Waals surface area contributed by atoms with Gasteiger partial charge in [0, 0.05) is 16.4 Å². The van der Waals surface area contributed by atoms with Gasteiger partial charge in [0.05, 0.1) is 5.56 Å². The predicted octanol–water partition coefficient (Wildman–Crippen LogP) is 2.47. The van der Waals surface area contributed by atoms with E-state index in [4.69, 9.17) is 0 Å². The lowest BCUT2D eigenvalue weighted by molar-refractivity contribution is 0.0929. The van der Waals surface area contributed by atoms with Crippen molar-refractivity contribution in [1.29, 1.82) is 0 Å². The molecule has 0 saturated carbocycles. The second-order valence-electron chi connectivity index (χ2n) is 4.23. The topological polar surface area (TPSA) is 29.1 Å². The number of fused-ring (bicyclic) bond motifs is 1. The molecule has 1 heterocycles. The van der Waals surface area contributed by atoms with Gasteiger partial charge < -0.3 is 5.32 Å². The normalized spacial score (nSPS) is 18.6. The molecular formula is C11H12BrNO. The van der Waals surface area contributed by atoms with Crippen molar-refractivity contribution in [3.8, 4) is 0 Å². The molecule has 0 aromatic heterocycles. The van der Waals surface area contributed by atoms with E-state index in [1.807, 2.05) is 18.2 Å². The number of benzene rings is 1. The van der Waals surface area contributed by atoms with Gasteiger partial charge in [0.2, 0.25) is 0 Å². The summed E-state index contributed by atoms with van der Waals surface area (Å²) in [6.45, 7) is 4.98. The first-order valence-corrected chi connectivity index (χ1v) is 5.39. The zero-order valence-corrected chi connectivity index (χ0v) is 9.81. The quantitative estimate of drug-likeness (QED) is 0.757. The van der Waals surface area contributed by atoms with Gasteiger partial charge in [0.1, 0.15) is 0 Å². The standard InChI is InChI=1S/C11H12BrNO/c1-11(2)6-13-10(14)9-7(11)4-3-5-8(9)12/h3-5H,6H2,1-2H3,(H,13,14). The minimum Gasteiger partial charge on any atom is -0.351 e. The Kier molecular flexibility index (Phi) is 2.14. The zero-order chi connectivity index (χ0) is 10.3. The summed E-state index contributed by atoms with van der Waals surface area (Å²) in [5.41, 5.74) is 1.92. The molecule has 1 aromatic carbocycles. The summed E-state index contributed by atoms with van der Waals surface area (Å²) in [7, 11) is 0. The molecule has 1 N–H and O–H groups in total. The van der Waals surface area contributed by atoms with Crippen molar-refractivity contribution in [3.05, 3.63) is 33.8 Å². The van der Waals surface area contributed by atoms with Gasteiger partial charge in [-0.2, -0.15) is 0 Å². The Bertz CT molecular complexity index is 398. The van der Waals surface area contributed by atoms with Gasteiger partial charge in [-0.15, -0.1) is 0 Å². The summed E-state index contributed by atoms with van der Waals surface area (Å²) in [5.74, 6) is 0.0202. The summed E-state index contributed by atoms with van der Waals surface area (Å²) in [5, 5.41) is 2.90. The number of carbonyl (C=O) groups is 1. The summed E-state index contributed by atoms with van der Waals surface area (Å²) >= 11 is 3.41. The van der Waals surface area contributed by atoms with Crippen molar-refractivity contribution >= 4 is 21.8 Å². The molecule has 1 aliphatic rings. The van der Waals surface area contributed by atoms with Gasteiger partial charge in [-0.1, -0.05) is 26.0 Å². The molecule has 74 valence electrons. The van der Waals surface area contributed by atoms with Crippen molar-refractivity contribution in [3.63, 3.8) is 0 Å². The van der Waals surface area contributed by atoms with Crippen molar-refractivity contribution in [1.82, 2.24) is 5.32 Å². The highest BCUT2D eigenvalue weighted by molar-refractivity contribution is 9.10. The highest BCUT2D eigenvalue weighted by atomic mass is 79.9. The number of halogens is 1. The first-order valence-electron chi connectivity index (χ1n) is 4.59. The number of hydrogen-bond donors (Lipinski definition) is 1. The minimum absolute atomic E-state index is 0.0202. The van der Waals surface area contributed by atoms with Crippen LogP contribution in [-0.4, -0.2) is 12.5 Å². The average molecular weight is 254 g/mol. The largest absolute Gasteiger partial charge is 0.351 e. The third-order valence-electron chi connectivity index (χ3n) is 2.66. The Balaban J connectivity index is 2.69. The molecule has 0 bridgehead atoms. The molecule has 0 spiro atoms. The SMILES string of the molecule is CC1(C)CNC(=O)c2c(Br)cccc21. The smallest absolute Gasteiger partial charge is 0.252 e. The molecule has 2 rings (SSSR count). The summed E-state index contributed by atoms with van der Waals surface area (Å²) in [4.78, 5) is 11.7. The van der Waals surface area contributed by atoms with E-state index < -0.39 is 0 Å². The van der Waals surface area contributed by atoms with Crippen LogP contribution >= 0.6 is 15.9 Å². The summed E-state index contributed by atoms with van der Waals surface area (Å²) in [6.07, 6.45) is 0. The molecule has 1 aromatic rings. The summed E-state index contributed by atoms with van der Waals surface area (Å²) < 4.78 is 0.875. The van der Waals surface area contributed by atoms with E-state index in [0.29, 0.717) is 6.54 Å². The van der Waals surface area contributed by atoms with Gasteiger partial charge in [0.15, 0.2) is 0 Å². The molecule has 3 heteroatoms. The lowest BCUT2D eigenvalue weighted by atomic mass is 9.79. The molecule has 0 fully saturated rings. The van der Waals surface area contributed by atoms with Crippen LogP contribution in [-0.2, 0) is 5.41 Å². The molecule has 0 radical (unpaired) electrons. The number of amides is 1. The maximum Gasteiger partial charge on any atom is 0.252 e. The molecule has 0 unspecified atom stereocenters. The van der Waals surface area contributed by atoms with Crippen LogP contribution in [0.15, 0.2) is 22.7 Å². The Morgan fingerprint density at radius 3 is 2.79 bits per heavy atom. The van der Waals surface area contributed by atoms with Gasteiger partial charge >= 0.3 is 0 Å². The van der Waals surface area contributed by atoms with Crippen LogP contribution in [0, 0.1) is 0 Å². The highest BCUT2D eigenvalue weighted by Crippen LogP contribution is 2.33. The fourth-order valence-corrected chi connectivity index (χ4v) is 2.35. The first kappa shape index (κ1) is 9.71. The first-order chi connectivity index (χ1) is 6.52. The van der Waals surface area contributed by atoms with E-state index in [2.05, 4.69) is 35.1 Å². The van der Waals surface area contributed by atoms with E-state index in [-0.39, 0.29) is 11.3 Å². The van der Waals surface area contributed by atoms with E-state index >= 15 is 0 Å². The molecule has 1 amide bonds.